The van der Waals surface area contributed by atoms with Crippen molar-refractivity contribution >= 4 is 6.21 Å². The summed E-state index contributed by atoms with van der Waals surface area (Å²) in [7, 11) is 0. The molecule has 0 aromatic carbocycles. The van der Waals surface area contributed by atoms with Crippen LogP contribution in [-0.4, -0.2) is 12.3 Å². The van der Waals surface area contributed by atoms with Crippen molar-refractivity contribution < 1.29 is 0 Å². The second-order valence-corrected chi connectivity index (χ2v) is 3.33. The number of aliphatic imine (C=N–C) groups is 1. The van der Waals surface area contributed by atoms with Gasteiger partial charge in [-0.15, -0.1) is 0 Å². The zero-order chi connectivity index (χ0) is 8.69. The lowest BCUT2D eigenvalue weighted by Crippen LogP contribution is -1.87. The Bertz CT molecular complexity index is 116. The van der Waals surface area contributed by atoms with E-state index in [4.69, 9.17) is 0 Å². The Kier molecular flexibility index (Phi) is 5.81. The fourth-order valence-corrected chi connectivity index (χ4v) is 0.683. The van der Waals surface area contributed by atoms with Crippen LogP contribution in [0.4, 0.5) is 0 Å². The van der Waals surface area contributed by atoms with Crippen LogP contribution in [0.2, 0.25) is 0 Å². The van der Waals surface area contributed by atoms with Crippen LogP contribution in [0.5, 0.6) is 0 Å². The molecule has 0 N–H and O–H groups in total. The van der Waals surface area contributed by atoms with Crippen molar-refractivity contribution in [1.82, 2.24) is 0 Å². The molecule has 0 aliphatic heterocycles. The predicted molar refractivity (Wildman–Crippen MR) is 52.2 cm³/mol. The van der Waals surface area contributed by atoms with E-state index in [1.807, 2.05) is 6.21 Å². The van der Waals surface area contributed by atoms with E-state index in [1.54, 1.807) is 0 Å². The highest BCUT2D eigenvalue weighted by molar-refractivity contribution is 5.59. The van der Waals surface area contributed by atoms with Crippen LogP contribution in [0.1, 0.15) is 34.1 Å². The molecule has 11 heavy (non-hydrogen) atoms. The minimum atomic E-state index is 0.433. The van der Waals surface area contributed by atoms with Crippen LogP contribution >= 0.6 is 0 Å². The summed E-state index contributed by atoms with van der Waals surface area (Å²) in [4.78, 5) is 4.25. The van der Waals surface area contributed by atoms with Crippen molar-refractivity contribution in [2.45, 2.75) is 40.2 Å². The third-order valence-corrected chi connectivity index (χ3v) is 1.17. The normalized spacial score (nSPS) is 12.9. The van der Waals surface area contributed by atoms with Gasteiger partial charge in [0.25, 0.3) is 0 Å². The van der Waals surface area contributed by atoms with Gasteiger partial charge in [0.15, 0.2) is 0 Å². The van der Waals surface area contributed by atoms with Gasteiger partial charge in [-0.05, 0) is 19.8 Å². The van der Waals surface area contributed by atoms with Gasteiger partial charge in [-0.1, -0.05) is 26.0 Å². The molecule has 0 fully saturated rings. The topological polar surface area (TPSA) is 12.4 Å². The largest absolute Gasteiger partial charge is 0.294 e. The first-order chi connectivity index (χ1) is 5.13. The Hall–Kier alpha value is -0.590. The number of hydrogen-bond donors (Lipinski definition) is 0. The summed E-state index contributed by atoms with van der Waals surface area (Å²) >= 11 is 0. The van der Waals surface area contributed by atoms with Crippen LogP contribution in [0, 0.1) is 5.92 Å². The van der Waals surface area contributed by atoms with Crippen molar-refractivity contribution in [2.75, 3.05) is 0 Å². The van der Waals surface area contributed by atoms with E-state index in [0.717, 1.165) is 6.42 Å². The Morgan fingerprint density at radius 2 is 1.82 bits per heavy atom. The van der Waals surface area contributed by atoms with Gasteiger partial charge in [0.1, 0.15) is 0 Å². The Balaban J connectivity index is 3.41. The van der Waals surface area contributed by atoms with E-state index in [9.17, 15) is 0 Å². The standard InChI is InChI=1S/C10H19N/c1-9(2)7-5-6-8-11-10(3)4/h5,7-10H,6H2,1-4H3/b7-5-,11-8?. The summed E-state index contributed by atoms with van der Waals surface area (Å²) in [6.07, 6.45) is 7.31. The fraction of sp³-hybridized carbons (Fsp3) is 0.700. The summed E-state index contributed by atoms with van der Waals surface area (Å²) in [6.45, 7) is 8.53. The highest BCUT2D eigenvalue weighted by Gasteiger charge is 1.83. The molecule has 0 radical (unpaired) electrons. The first-order valence-corrected chi connectivity index (χ1v) is 4.31. The van der Waals surface area contributed by atoms with Crippen molar-refractivity contribution in [2.24, 2.45) is 10.9 Å². The number of allylic oxidation sites excluding steroid dienone is 2. The number of hydrogen-bond acceptors (Lipinski definition) is 1. The summed E-state index contributed by atoms with van der Waals surface area (Å²) in [5.74, 6) is 0.655. The predicted octanol–water partition coefficient (Wildman–Crippen LogP) is 3.07. The molecule has 0 aliphatic rings. The van der Waals surface area contributed by atoms with Gasteiger partial charge in [0.05, 0.1) is 0 Å². The molecule has 0 saturated heterocycles. The zero-order valence-electron chi connectivity index (χ0n) is 8.04. The van der Waals surface area contributed by atoms with Gasteiger partial charge < -0.3 is 0 Å². The Morgan fingerprint density at radius 1 is 1.18 bits per heavy atom. The van der Waals surface area contributed by atoms with Gasteiger partial charge in [0, 0.05) is 18.7 Å². The summed E-state index contributed by atoms with van der Waals surface area (Å²) in [6, 6.07) is 0.433. The van der Waals surface area contributed by atoms with Gasteiger partial charge in [-0.3, -0.25) is 4.99 Å². The quantitative estimate of drug-likeness (QED) is 0.435. The molecule has 0 atom stereocenters. The van der Waals surface area contributed by atoms with Gasteiger partial charge in [-0.2, -0.15) is 0 Å². The summed E-state index contributed by atoms with van der Waals surface area (Å²) in [5, 5.41) is 0. The first-order valence-electron chi connectivity index (χ1n) is 4.31. The second-order valence-electron chi connectivity index (χ2n) is 3.33. The Labute approximate surface area is 70.2 Å². The molecule has 0 unspecified atom stereocenters. The van der Waals surface area contributed by atoms with Crippen LogP contribution in [0.15, 0.2) is 17.1 Å². The molecular formula is C10H19N. The minimum absolute atomic E-state index is 0.433. The third-order valence-electron chi connectivity index (χ3n) is 1.17. The molecule has 0 aromatic heterocycles. The van der Waals surface area contributed by atoms with E-state index in [1.165, 1.54) is 0 Å². The molecule has 0 spiro atoms. The average molecular weight is 153 g/mol. The fourth-order valence-electron chi connectivity index (χ4n) is 0.683. The van der Waals surface area contributed by atoms with Gasteiger partial charge in [-0.25, -0.2) is 0 Å². The molecule has 0 heterocycles. The molecule has 0 saturated carbocycles. The minimum Gasteiger partial charge on any atom is -0.294 e. The molecule has 0 bridgehead atoms. The average Bonchev–Trinajstić information content (AvgIpc) is 1.85. The van der Waals surface area contributed by atoms with Crippen molar-refractivity contribution in [1.29, 1.82) is 0 Å². The highest BCUT2D eigenvalue weighted by atomic mass is 14.7. The van der Waals surface area contributed by atoms with Crippen molar-refractivity contribution in [3.63, 3.8) is 0 Å². The molecule has 0 aromatic rings. The van der Waals surface area contributed by atoms with E-state index in [-0.39, 0.29) is 0 Å². The third kappa shape index (κ3) is 9.41. The molecule has 0 aliphatic carbocycles. The molecule has 0 amide bonds. The van der Waals surface area contributed by atoms with Gasteiger partial charge in [0.2, 0.25) is 0 Å². The van der Waals surface area contributed by atoms with E-state index in [0.29, 0.717) is 12.0 Å². The van der Waals surface area contributed by atoms with E-state index in [2.05, 4.69) is 44.8 Å². The maximum absolute atomic E-state index is 4.25. The maximum Gasteiger partial charge on any atom is 0.0439 e. The zero-order valence-corrected chi connectivity index (χ0v) is 8.04. The number of rotatable bonds is 4. The van der Waals surface area contributed by atoms with Crippen LogP contribution in [0.3, 0.4) is 0 Å². The lowest BCUT2D eigenvalue weighted by molar-refractivity contribution is 0.826. The lowest BCUT2D eigenvalue weighted by atomic mass is 10.2. The second kappa shape index (κ2) is 6.14. The number of nitrogens with zero attached hydrogens (tertiary/aromatic N) is 1. The van der Waals surface area contributed by atoms with Gasteiger partial charge >= 0.3 is 0 Å². The lowest BCUT2D eigenvalue weighted by Gasteiger charge is -1.93. The van der Waals surface area contributed by atoms with E-state index >= 15 is 0 Å². The Morgan fingerprint density at radius 3 is 2.27 bits per heavy atom. The monoisotopic (exact) mass is 153 g/mol. The first kappa shape index (κ1) is 10.4. The highest BCUT2D eigenvalue weighted by Crippen LogP contribution is 1.94. The van der Waals surface area contributed by atoms with Crippen LogP contribution < -0.4 is 0 Å². The van der Waals surface area contributed by atoms with Crippen LogP contribution in [0.25, 0.3) is 0 Å². The smallest absolute Gasteiger partial charge is 0.0439 e. The molecular weight excluding hydrogens is 134 g/mol. The summed E-state index contributed by atoms with van der Waals surface area (Å²) in [5.41, 5.74) is 0. The van der Waals surface area contributed by atoms with E-state index < -0.39 is 0 Å². The maximum atomic E-state index is 4.25. The van der Waals surface area contributed by atoms with Crippen molar-refractivity contribution in [3.05, 3.63) is 12.2 Å². The van der Waals surface area contributed by atoms with Crippen molar-refractivity contribution in [3.8, 4) is 0 Å². The molecule has 1 nitrogen and oxygen atoms in total. The molecule has 1 heteroatoms. The summed E-state index contributed by atoms with van der Waals surface area (Å²) < 4.78 is 0. The SMILES string of the molecule is CC(C)/C=C\CC=NC(C)C. The van der Waals surface area contributed by atoms with Crippen LogP contribution in [-0.2, 0) is 0 Å². The molecule has 64 valence electrons. The molecule has 0 rings (SSSR count).